The zero-order valence-corrected chi connectivity index (χ0v) is 13.2. The second kappa shape index (κ2) is 5.58. The van der Waals surface area contributed by atoms with Crippen LogP contribution < -0.4 is 10.1 Å². The minimum Gasteiger partial charge on any atom is -0.485 e. The van der Waals surface area contributed by atoms with Crippen molar-refractivity contribution in [2.24, 2.45) is 0 Å². The van der Waals surface area contributed by atoms with Crippen LogP contribution in [0.25, 0.3) is 0 Å². The molecular weight excluding hydrogens is 318 g/mol. The van der Waals surface area contributed by atoms with Gasteiger partial charge in [0.1, 0.15) is 11.9 Å². The summed E-state index contributed by atoms with van der Waals surface area (Å²) in [5.74, 6) is 0.944. The molecule has 1 aromatic carbocycles. The average molecular weight is 336 g/mol. The van der Waals surface area contributed by atoms with Gasteiger partial charge in [-0.05, 0) is 26.1 Å². The molecule has 0 saturated heterocycles. The van der Waals surface area contributed by atoms with E-state index in [1.165, 1.54) is 5.56 Å². The summed E-state index contributed by atoms with van der Waals surface area (Å²) < 4.78 is 9.14. The molecule has 0 amide bonds. The molecule has 3 rings (SSSR count). The molecule has 2 atom stereocenters. The lowest BCUT2D eigenvalue weighted by Crippen LogP contribution is -2.26. The van der Waals surface area contributed by atoms with E-state index in [9.17, 15) is 0 Å². The lowest BCUT2D eigenvalue weighted by molar-refractivity contribution is 0.153. The summed E-state index contributed by atoms with van der Waals surface area (Å²) in [5, 5.41) is 7.72. The normalized spacial score (nSPS) is 21.4. The fourth-order valence-electron chi connectivity index (χ4n) is 2.64. The summed E-state index contributed by atoms with van der Waals surface area (Å²) in [6, 6.07) is 6.52. The molecule has 0 saturated carbocycles. The topological polar surface area (TPSA) is 39.1 Å². The molecule has 2 unspecified atom stereocenters. The van der Waals surface area contributed by atoms with Crippen LogP contribution in [0.4, 0.5) is 0 Å². The molecule has 4 nitrogen and oxygen atoms in total. The molecule has 0 spiro atoms. The molecule has 1 aromatic heterocycles. The maximum atomic E-state index is 6.17. The van der Waals surface area contributed by atoms with Gasteiger partial charge in [-0.3, -0.25) is 4.68 Å². The van der Waals surface area contributed by atoms with Crippen molar-refractivity contribution >= 4 is 15.9 Å². The fourth-order valence-corrected chi connectivity index (χ4v) is 2.98. The third-order valence-electron chi connectivity index (χ3n) is 3.77. The molecule has 1 aliphatic heterocycles. The van der Waals surface area contributed by atoms with Crippen LogP contribution in [-0.2, 0) is 6.54 Å². The molecule has 0 bridgehead atoms. The smallest absolute Gasteiger partial charge is 0.129 e. The standard InChI is InChI=1S/C15H18BrN3O/c1-3-19-9-10(8-18-19)14-7-13(17-2)12-5-4-11(16)6-15(12)20-14/h4-6,8-9,13-14,17H,3,7H2,1-2H3. The van der Waals surface area contributed by atoms with Crippen LogP contribution in [-0.4, -0.2) is 16.8 Å². The molecule has 5 heteroatoms. The molecule has 1 N–H and O–H groups in total. The van der Waals surface area contributed by atoms with Crippen molar-refractivity contribution in [1.82, 2.24) is 15.1 Å². The van der Waals surface area contributed by atoms with Gasteiger partial charge in [-0.15, -0.1) is 0 Å². The number of hydrogen-bond donors (Lipinski definition) is 1. The van der Waals surface area contributed by atoms with Gasteiger partial charge in [0.2, 0.25) is 0 Å². The second-order valence-corrected chi connectivity index (χ2v) is 5.91. The first-order valence-electron chi connectivity index (χ1n) is 6.87. The number of aryl methyl sites for hydroxylation is 1. The number of nitrogens with one attached hydrogen (secondary N) is 1. The number of ether oxygens (including phenoxy) is 1. The second-order valence-electron chi connectivity index (χ2n) is 4.99. The number of benzene rings is 1. The highest BCUT2D eigenvalue weighted by Gasteiger charge is 2.29. The maximum Gasteiger partial charge on any atom is 0.129 e. The molecule has 1 aliphatic rings. The first-order chi connectivity index (χ1) is 9.71. The minimum absolute atomic E-state index is 0.0505. The fraction of sp³-hybridized carbons (Fsp3) is 0.400. The molecule has 106 valence electrons. The van der Waals surface area contributed by atoms with Gasteiger partial charge < -0.3 is 10.1 Å². The van der Waals surface area contributed by atoms with Crippen LogP contribution in [0.1, 0.15) is 36.6 Å². The van der Waals surface area contributed by atoms with Crippen molar-refractivity contribution < 1.29 is 4.74 Å². The molecular formula is C15H18BrN3O. The number of halogens is 1. The predicted molar refractivity (Wildman–Crippen MR) is 81.8 cm³/mol. The van der Waals surface area contributed by atoms with Crippen LogP contribution in [0.2, 0.25) is 0 Å². The van der Waals surface area contributed by atoms with Gasteiger partial charge >= 0.3 is 0 Å². The number of aromatic nitrogens is 2. The van der Waals surface area contributed by atoms with Gasteiger partial charge in [-0.1, -0.05) is 22.0 Å². The Morgan fingerprint density at radius 1 is 1.50 bits per heavy atom. The van der Waals surface area contributed by atoms with Crippen LogP contribution in [0.3, 0.4) is 0 Å². The Balaban J connectivity index is 1.93. The summed E-state index contributed by atoms with van der Waals surface area (Å²) in [5.41, 5.74) is 2.35. The van der Waals surface area contributed by atoms with Gasteiger partial charge in [-0.25, -0.2) is 0 Å². The summed E-state index contributed by atoms with van der Waals surface area (Å²) in [6.45, 7) is 2.96. The van der Waals surface area contributed by atoms with E-state index in [0.717, 1.165) is 28.8 Å². The Kier molecular flexibility index (Phi) is 3.81. The molecule has 0 fully saturated rings. The highest BCUT2D eigenvalue weighted by Crippen LogP contribution is 2.41. The lowest BCUT2D eigenvalue weighted by Gasteiger charge is -2.31. The largest absolute Gasteiger partial charge is 0.485 e. The SMILES string of the molecule is CCn1cc(C2CC(NC)c3ccc(Br)cc3O2)cn1. The van der Waals surface area contributed by atoms with E-state index in [-0.39, 0.29) is 6.10 Å². The average Bonchev–Trinajstić information content (AvgIpc) is 2.94. The zero-order valence-electron chi connectivity index (χ0n) is 11.6. The highest BCUT2D eigenvalue weighted by atomic mass is 79.9. The van der Waals surface area contributed by atoms with Crippen LogP contribution in [0.5, 0.6) is 5.75 Å². The first-order valence-corrected chi connectivity index (χ1v) is 7.66. The number of fused-ring (bicyclic) bond motifs is 1. The summed E-state index contributed by atoms with van der Waals surface area (Å²) in [4.78, 5) is 0. The Hall–Kier alpha value is -1.33. The number of nitrogens with zero attached hydrogens (tertiary/aromatic N) is 2. The minimum atomic E-state index is 0.0505. The van der Waals surface area contributed by atoms with Gasteiger partial charge in [0, 0.05) is 40.8 Å². The molecule has 2 heterocycles. The van der Waals surface area contributed by atoms with E-state index >= 15 is 0 Å². The Bertz CT molecular complexity index is 611. The van der Waals surface area contributed by atoms with E-state index in [1.807, 2.05) is 24.0 Å². The Morgan fingerprint density at radius 2 is 2.35 bits per heavy atom. The third kappa shape index (κ3) is 2.47. The van der Waals surface area contributed by atoms with Crippen LogP contribution in [0.15, 0.2) is 35.1 Å². The molecule has 0 aliphatic carbocycles. The van der Waals surface area contributed by atoms with Crippen molar-refractivity contribution in [3.63, 3.8) is 0 Å². The Morgan fingerprint density at radius 3 is 3.05 bits per heavy atom. The molecule has 20 heavy (non-hydrogen) atoms. The van der Waals surface area contributed by atoms with E-state index in [2.05, 4.69) is 51.6 Å². The van der Waals surface area contributed by atoms with E-state index in [4.69, 9.17) is 4.74 Å². The zero-order chi connectivity index (χ0) is 14.1. The highest BCUT2D eigenvalue weighted by molar-refractivity contribution is 9.10. The van der Waals surface area contributed by atoms with Crippen LogP contribution in [0, 0.1) is 0 Å². The van der Waals surface area contributed by atoms with Crippen molar-refractivity contribution in [3.05, 3.63) is 46.2 Å². The lowest BCUT2D eigenvalue weighted by atomic mass is 9.94. The quantitative estimate of drug-likeness (QED) is 0.933. The summed E-state index contributed by atoms with van der Waals surface area (Å²) >= 11 is 3.51. The maximum absolute atomic E-state index is 6.17. The van der Waals surface area contributed by atoms with Gasteiger partial charge in [0.15, 0.2) is 0 Å². The summed E-state index contributed by atoms with van der Waals surface area (Å²) in [6.07, 6.45) is 4.94. The third-order valence-corrected chi connectivity index (χ3v) is 4.26. The monoisotopic (exact) mass is 335 g/mol. The van der Waals surface area contributed by atoms with E-state index < -0.39 is 0 Å². The Labute approximate surface area is 127 Å². The summed E-state index contributed by atoms with van der Waals surface area (Å²) in [7, 11) is 1.99. The van der Waals surface area contributed by atoms with Gasteiger partial charge in [0.05, 0.1) is 6.20 Å². The van der Waals surface area contributed by atoms with Crippen molar-refractivity contribution in [2.75, 3.05) is 7.05 Å². The number of hydrogen-bond acceptors (Lipinski definition) is 3. The first kappa shape index (κ1) is 13.6. The van der Waals surface area contributed by atoms with E-state index in [1.54, 1.807) is 0 Å². The van der Waals surface area contributed by atoms with Crippen LogP contribution >= 0.6 is 15.9 Å². The van der Waals surface area contributed by atoms with E-state index in [0.29, 0.717) is 6.04 Å². The molecule has 0 radical (unpaired) electrons. The van der Waals surface area contributed by atoms with Gasteiger partial charge in [0.25, 0.3) is 0 Å². The van der Waals surface area contributed by atoms with Crippen molar-refractivity contribution in [1.29, 1.82) is 0 Å². The van der Waals surface area contributed by atoms with Crippen molar-refractivity contribution in [2.45, 2.75) is 32.0 Å². The number of rotatable bonds is 3. The predicted octanol–water partition coefficient (Wildman–Crippen LogP) is 3.45. The van der Waals surface area contributed by atoms with Gasteiger partial charge in [-0.2, -0.15) is 5.10 Å². The van der Waals surface area contributed by atoms with Crippen molar-refractivity contribution in [3.8, 4) is 5.75 Å². The molecule has 2 aromatic rings.